The number of nitrogens with zero attached hydrogens (tertiary/aromatic N) is 1. The second kappa shape index (κ2) is 5.30. The number of hydrogen-bond acceptors (Lipinski definition) is 3. The number of carbonyl (C=O) groups is 2. The normalized spacial score (nSPS) is 10.5. The minimum Gasteiger partial charge on any atom is -0.478 e. The van der Waals surface area contributed by atoms with E-state index in [1.165, 1.54) is 18.2 Å². The van der Waals surface area contributed by atoms with Gasteiger partial charge in [-0.3, -0.25) is 4.79 Å². The third-order valence-corrected chi connectivity index (χ3v) is 2.27. The fourth-order valence-corrected chi connectivity index (χ4v) is 1.37. The van der Waals surface area contributed by atoms with Gasteiger partial charge in [0.15, 0.2) is 5.78 Å². The highest BCUT2D eigenvalue weighted by molar-refractivity contribution is 6.05. The molecule has 1 aromatic rings. The summed E-state index contributed by atoms with van der Waals surface area (Å²) >= 11 is 0. The Morgan fingerprint density at radius 2 is 1.94 bits per heavy atom. The summed E-state index contributed by atoms with van der Waals surface area (Å²) in [6.45, 7) is 1.68. The lowest BCUT2D eigenvalue weighted by Crippen LogP contribution is -2.05. The van der Waals surface area contributed by atoms with Crippen molar-refractivity contribution in [3.63, 3.8) is 0 Å². The monoisotopic (exact) mass is 233 g/mol. The first-order valence-corrected chi connectivity index (χ1v) is 5.14. The zero-order valence-corrected chi connectivity index (χ0v) is 10.1. The van der Waals surface area contributed by atoms with E-state index >= 15 is 0 Å². The minimum atomic E-state index is -0.981. The third kappa shape index (κ3) is 3.45. The van der Waals surface area contributed by atoms with Crippen LogP contribution >= 0.6 is 0 Å². The number of carbonyl (C=O) groups excluding carboxylic acids is 1. The van der Waals surface area contributed by atoms with E-state index in [9.17, 15) is 9.59 Å². The van der Waals surface area contributed by atoms with Gasteiger partial charge in [0.05, 0.1) is 5.56 Å². The van der Waals surface area contributed by atoms with Crippen molar-refractivity contribution in [3.05, 3.63) is 47.2 Å². The molecule has 0 saturated heterocycles. The summed E-state index contributed by atoms with van der Waals surface area (Å²) in [5.41, 5.74) is 1.30. The van der Waals surface area contributed by atoms with E-state index < -0.39 is 5.97 Å². The lowest BCUT2D eigenvalue weighted by atomic mass is 10.0. The molecule has 4 heteroatoms. The quantitative estimate of drug-likeness (QED) is 0.638. The van der Waals surface area contributed by atoms with Gasteiger partial charge in [0, 0.05) is 31.9 Å². The molecule has 0 aliphatic carbocycles. The van der Waals surface area contributed by atoms with Crippen LogP contribution in [0.1, 0.15) is 26.3 Å². The molecule has 1 aromatic carbocycles. The topological polar surface area (TPSA) is 57.6 Å². The van der Waals surface area contributed by atoms with Crippen LogP contribution in [0, 0.1) is 6.92 Å². The Hall–Kier alpha value is -2.10. The number of carboxylic acids is 1. The van der Waals surface area contributed by atoms with E-state index in [1.807, 2.05) is 14.1 Å². The van der Waals surface area contributed by atoms with Gasteiger partial charge in [0.25, 0.3) is 0 Å². The van der Waals surface area contributed by atoms with E-state index in [2.05, 4.69) is 0 Å². The van der Waals surface area contributed by atoms with Gasteiger partial charge in [-0.2, -0.15) is 0 Å². The molecule has 0 bridgehead atoms. The predicted octanol–water partition coefficient (Wildman–Crippen LogP) is 1.95. The van der Waals surface area contributed by atoms with Gasteiger partial charge in [-0.25, -0.2) is 4.79 Å². The van der Waals surface area contributed by atoms with Gasteiger partial charge >= 0.3 is 5.97 Å². The molecule has 0 spiro atoms. The number of aryl methyl sites for hydroxylation is 1. The molecule has 4 nitrogen and oxygen atoms in total. The van der Waals surface area contributed by atoms with Gasteiger partial charge in [0.1, 0.15) is 0 Å². The van der Waals surface area contributed by atoms with Crippen molar-refractivity contribution in [1.82, 2.24) is 4.90 Å². The van der Waals surface area contributed by atoms with Crippen molar-refractivity contribution >= 4 is 11.8 Å². The van der Waals surface area contributed by atoms with Crippen molar-refractivity contribution in [2.75, 3.05) is 14.1 Å². The SMILES string of the molecule is Cc1cc(C(=O)C=CN(C)C)ccc1C(=O)O. The molecule has 0 atom stereocenters. The van der Waals surface area contributed by atoms with Crippen LogP contribution in [0.4, 0.5) is 0 Å². The smallest absolute Gasteiger partial charge is 0.335 e. The second-order valence-electron chi connectivity index (χ2n) is 3.98. The first-order chi connectivity index (χ1) is 7.91. The Balaban J connectivity index is 2.98. The molecule has 0 unspecified atom stereocenters. The minimum absolute atomic E-state index is 0.140. The van der Waals surface area contributed by atoms with Crippen LogP contribution in [0.5, 0.6) is 0 Å². The molecule has 90 valence electrons. The Morgan fingerprint density at radius 1 is 1.29 bits per heavy atom. The van der Waals surface area contributed by atoms with E-state index in [0.717, 1.165) is 0 Å². The summed E-state index contributed by atoms with van der Waals surface area (Å²) in [5.74, 6) is -1.12. The summed E-state index contributed by atoms with van der Waals surface area (Å²) in [6.07, 6.45) is 3.11. The van der Waals surface area contributed by atoms with Crippen LogP contribution < -0.4 is 0 Å². The van der Waals surface area contributed by atoms with Gasteiger partial charge in [-0.05, 0) is 24.6 Å². The number of hydrogen-bond donors (Lipinski definition) is 1. The summed E-state index contributed by atoms with van der Waals surface area (Å²) in [7, 11) is 3.64. The average molecular weight is 233 g/mol. The first kappa shape index (κ1) is 13.0. The van der Waals surface area contributed by atoms with E-state index in [-0.39, 0.29) is 11.3 Å². The van der Waals surface area contributed by atoms with Crippen molar-refractivity contribution in [3.8, 4) is 0 Å². The Labute approximate surface area is 100 Å². The maximum atomic E-state index is 11.7. The van der Waals surface area contributed by atoms with Crippen molar-refractivity contribution in [2.45, 2.75) is 6.92 Å². The summed E-state index contributed by atoms with van der Waals surface area (Å²) < 4.78 is 0. The van der Waals surface area contributed by atoms with Gasteiger partial charge in [-0.15, -0.1) is 0 Å². The molecular weight excluding hydrogens is 218 g/mol. The number of ketones is 1. The first-order valence-electron chi connectivity index (χ1n) is 5.14. The predicted molar refractivity (Wildman–Crippen MR) is 65.3 cm³/mol. The lowest BCUT2D eigenvalue weighted by Gasteiger charge is -2.04. The van der Waals surface area contributed by atoms with Crippen molar-refractivity contribution < 1.29 is 14.7 Å². The van der Waals surface area contributed by atoms with Crippen molar-refractivity contribution in [1.29, 1.82) is 0 Å². The maximum Gasteiger partial charge on any atom is 0.335 e. The van der Waals surface area contributed by atoms with Crippen LogP contribution in [0.2, 0.25) is 0 Å². The van der Waals surface area contributed by atoms with Crippen molar-refractivity contribution in [2.24, 2.45) is 0 Å². The molecule has 0 amide bonds. The number of allylic oxidation sites excluding steroid dienone is 1. The molecule has 1 N–H and O–H groups in total. The molecule has 0 saturated carbocycles. The third-order valence-electron chi connectivity index (χ3n) is 2.27. The fourth-order valence-electron chi connectivity index (χ4n) is 1.37. The zero-order valence-electron chi connectivity index (χ0n) is 10.1. The molecule has 0 radical (unpaired) electrons. The Kier molecular flexibility index (Phi) is 4.04. The van der Waals surface area contributed by atoms with E-state index in [4.69, 9.17) is 5.11 Å². The Morgan fingerprint density at radius 3 is 2.41 bits per heavy atom. The Bertz CT molecular complexity index is 476. The zero-order chi connectivity index (χ0) is 13.0. The van der Waals surface area contributed by atoms with Gasteiger partial charge in [-0.1, -0.05) is 6.07 Å². The average Bonchev–Trinajstić information content (AvgIpc) is 2.25. The summed E-state index contributed by atoms with van der Waals surface area (Å²) in [4.78, 5) is 24.3. The van der Waals surface area contributed by atoms with E-state index in [1.54, 1.807) is 24.1 Å². The molecule has 0 aliphatic rings. The number of carboxylic acid groups (broad SMARTS) is 1. The van der Waals surface area contributed by atoms with Crippen LogP contribution in [0.25, 0.3) is 0 Å². The van der Waals surface area contributed by atoms with Gasteiger partial charge < -0.3 is 10.0 Å². The lowest BCUT2D eigenvalue weighted by molar-refractivity contribution is 0.0695. The molecular formula is C13H15NO3. The number of rotatable bonds is 4. The van der Waals surface area contributed by atoms with Crippen LogP contribution in [0.15, 0.2) is 30.5 Å². The van der Waals surface area contributed by atoms with Crippen LogP contribution in [0.3, 0.4) is 0 Å². The highest BCUT2D eigenvalue weighted by Gasteiger charge is 2.09. The number of aromatic carboxylic acids is 1. The molecule has 0 aliphatic heterocycles. The van der Waals surface area contributed by atoms with Gasteiger partial charge in [0.2, 0.25) is 0 Å². The molecule has 0 fully saturated rings. The second-order valence-corrected chi connectivity index (χ2v) is 3.98. The van der Waals surface area contributed by atoms with Crippen LogP contribution in [-0.2, 0) is 0 Å². The fraction of sp³-hybridized carbons (Fsp3) is 0.231. The highest BCUT2D eigenvalue weighted by Crippen LogP contribution is 2.12. The molecule has 17 heavy (non-hydrogen) atoms. The standard InChI is InChI=1S/C13H15NO3/c1-9-8-10(4-5-11(9)13(16)17)12(15)6-7-14(2)3/h4-8H,1-3H3,(H,16,17). The highest BCUT2D eigenvalue weighted by atomic mass is 16.4. The summed E-state index contributed by atoms with van der Waals surface area (Å²) in [5, 5.41) is 8.87. The van der Waals surface area contributed by atoms with E-state index in [0.29, 0.717) is 11.1 Å². The maximum absolute atomic E-state index is 11.7. The molecule has 0 heterocycles. The van der Waals surface area contributed by atoms with Crippen LogP contribution in [-0.4, -0.2) is 35.9 Å². The summed E-state index contributed by atoms with van der Waals surface area (Å²) in [6, 6.07) is 4.57. The largest absolute Gasteiger partial charge is 0.478 e. The molecule has 0 aromatic heterocycles. The molecule has 1 rings (SSSR count). The number of benzene rings is 1.